The number of unbranched alkanes of at least 4 members (excludes halogenated alkanes) is 2. The number of fused-ring (bicyclic) bond motifs is 1. The lowest BCUT2D eigenvalue weighted by Gasteiger charge is -2.08. The number of nitrogens with zero attached hydrogens (tertiary/aromatic N) is 2. The highest BCUT2D eigenvalue weighted by Gasteiger charge is 2.19. The van der Waals surface area contributed by atoms with Gasteiger partial charge < -0.3 is 0 Å². The van der Waals surface area contributed by atoms with Crippen molar-refractivity contribution < 1.29 is 0 Å². The molecule has 2 rings (SSSR count). The van der Waals surface area contributed by atoms with Gasteiger partial charge in [0.25, 0.3) is 5.56 Å². The van der Waals surface area contributed by atoms with Crippen molar-refractivity contribution in [1.29, 1.82) is 0 Å². The minimum Gasteiger partial charge on any atom is -0.278 e. The molecule has 0 aliphatic carbocycles. The molecule has 0 radical (unpaired) electrons. The number of aliphatic imine (C=N–C) groups is 1. The third-order valence-electron chi connectivity index (χ3n) is 2.98. The Morgan fingerprint density at radius 2 is 2.12 bits per heavy atom. The van der Waals surface area contributed by atoms with Crippen LogP contribution in [0.5, 0.6) is 0 Å². The van der Waals surface area contributed by atoms with E-state index < -0.39 is 0 Å². The van der Waals surface area contributed by atoms with Gasteiger partial charge in [-0.15, -0.1) is 0 Å². The molecule has 92 valence electrons. The van der Waals surface area contributed by atoms with Gasteiger partial charge in [0.15, 0.2) is 0 Å². The first-order valence-corrected chi connectivity index (χ1v) is 6.03. The normalized spacial score (nSPS) is 13.6. The Bertz CT molecular complexity index is 566. The van der Waals surface area contributed by atoms with Crippen LogP contribution in [-0.2, 0) is 13.0 Å². The Labute approximate surface area is 99.2 Å². The largest absolute Gasteiger partial charge is 0.329 e. The van der Waals surface area contributed by atoms with Gasteiger partial charge in [-0.25, -0.2) is 9.79 Å². The van der Waals surface area contributed by atoms with Crippen molar-refractivity contribution in [3.8, 4) is 0 Å². The van der Waals surface area contributed by atoms with E-state index >= 15 is 0 Å². The van der Waals surface area contributed by atoms with Crippen molar-refractivity contribution in [3.63, 3.8) is 0 Å². The molecule has 0 unspecified atom stereocenters. The Kier molecular flexibility index (Phi) is 3.26. The number of aromatic amines is 1. The van der Waals surface area contributed by atoms with Crippen LogP contribution >= 0.6 is 0 Å². The van der Waals surface area contributed by atoms with Crippen LogP contribution in [0, 0.1) is 0 Å². The lowest BCUT2D eigenvalue weighted by atomic mass is 10.2. The summed E-state index contributed by atoms with van der Waals surface area (Å²) < 4.78 is 1.59. The summed E-state index contributed by atoms with van der Waals surface area (Å²) in [6, 6.07) is 0. The molecule has 0 atom stereocenters. The molecule has 1 aromatic heterocycles. The van der Waals surface area contributed by atoms with Crippen molar-refractivity contribution in [2.24, 2.45) is 4.99 Å². The van der Waals surface area contributed by atoms with Crippen molar-refractivity contribution in [3.05, 3.63) is 26.4 Å². The highest BCUT2D eigenvalue weighted by Crippen LogP contribution is 2.21. The lowest BCUT2D eigenvalue weighted by molar-refractivity contribution is 0.577. The van der Waals surface area contributed by atoms with Gasteiger partial charge >= 0.3 is 5.69 Å². The summed E-state index contributed by atoms with van der Waals surface area (Å²) in [5.41, 5.74) is 0.875. The molecule has 0 fully saturated rings. The molecule has 2 heterocycles. The average molecular weight is 235 g/mol. The first-order chi connectivity index (χ1) is 8.13. The van der Waals surface area contributed by atoms with Crippen LogP contribution in [0.15, 0.2) is 14.6 Å². The fourth-order valence-corrected chi connectivity index (χ4v) is 2.09. The lowest BCUT2D eigenvalue weighted by Crippen LogP contribution is -2.31. The highest BCUT2D eigenvalue weighted by atomic mass is 16.2. The van der Waals surface area contributed by atoms with E-state index in [2.05, 4.69) is 16.9 Å². The van der Waals surface area contributed by atoms with E-state index in [1.807, 2.05) is 6.92 Å². The number of aromatic nitrogens is 2. The fraction of sp³-hybridized carbons (Fsp3) is 0.583. The summed E-state index contributed by atoms with van der Waals surface area (Å²) in [5.74, 6) is 0.562. The molecule has 1 N–H and O–H groups in total. The Morgan fingerprint density at radius 3 is 2.82 bits per heavy atom. The van der Waals surface area contributed by atoms with E-state index in [4.69, 9.17) is 0 Å². The van der Waals surface area contributed by atoms with Gasteiger partial charge in [-0.3, -0.25) is 14.3 Å². The van der Waals surface area contributed by atoms with Crippen LogP contribution in [0.4, 0.5) is 5.82 Å². The zero-order valence-electron chi connectivity index (χ0n) is 10.2. The van der Waals surface area contributed by atoms with Gasteiger partial charge in [0, 0.05) is 18.7 Å². The minimum atomic E-state index is -0.344. The Morgan fingerprint density at radius 1 is 1.35 bits per heavy atom. The molecular formula is C12H17N3O2. The maximum absolute atomic E-state index is 11.7. The smallest absolute Gasteiger partial charge is 0.278 e. The zero-order chi connectivity index (χ0) is 12.4. The molecule has 1 aliphatic heterocycles. The topological polar surface area (TPSA) is 67.2 Å². The fourth-order valence-electron chi connectivity index (χ4n) is 2.09. The molecule has 5 heteroatoms. The summed E-state index contributed by atoms with van der Waals surface area (Å²) in [6.45, 7) is 4.62. The minimum absolute atomic E-state index is 0.294. The average Bonchev–Trinajstić information content (AvgIpc) is 2.65. The third kappa shape index (κ3) is 2.23. The number of H-pyrrole nitrogens is 1. The Balaban J connectivity index is 2.42. The standard InChI is InChI=1S/C12H17N3O2/c1-3-4-5-6-15-10-9(7-8(2)13-10)11(16)14-12(15)17/h3-7H2,1-2H3,(H,14,16,17). The maximum atomic E-state index is 11.7. The van der Waals surface area contributed by atoms with E-state index in [-0.39, 0.29) is 11.2 Å². The Hall–Kier alpha value is -1.65. The summed E-state index contributed by atoms with van der Waals surface area (Å²) in [4.78, 5) is 30.0. The van der Waals surface area contributed by atoms with E-state index in [1.165, 1.54) is 0 Å². The van der Waals surface area contributed by atoms with Crippen molar-refractivity contribution in [1.82, 2.24) is 9.55 Å². The monoisotopic (exact) mass is 235 g/mol. The molecule has 0 saturated heterocycles. The second-order valence-electron chi connectivity index (χ2n) is 4.44. The van der Waals surface area contributed by atoms with Crippen molar-refractivity contribution >= 4 is 11.5 Å². The van der Waals surface area contributed by atoms with Crippen molar-refractivity contribution in [2.75, 3.05) is 0 Å². The maximum Gasteiger partial charge on any atom is 0.329 e. The second-order valence-corrected chi connectivity index (χ2v) is 4.44. The molecule has 0 amide bonds. The van der Waals surface area contributed by atoms with Crippen LogP contribution in [0.1, 0.15) is 38.7 Å². The molecule has 0 bridgehead atoms. The predicted octanol–water partition coefficient (Wildman–Crippen LogP) is 1.38. The number of hydrogen-bond donors (Lipinski definition) is 1. The highest BCUT2D eigenvalue weighted by molar-refractivity contribution is 5.91. The second kappa shape index (κ2) is 4.69. The SMILES string of the molecule is CCCCCn1c2c(c(=O)[nH]c1=O)CC(C)=N2. The number of nitrogens with one attached hydrogen (secondary N) is 1. The summed E-state index contributed by atoms with van der Waals surface area (Å²) in [7, 11) is 0. The third-order valence-corrected chi connectivity index (χ3v) is 2.98. The molecule has 0 spiro atoms. The van der Waals surface area contributed by atoms with Gasteiger partial charge in [-0.1, -0.05) is 19.8 Å². The summed E-state index contributed by atoms with van der Waals surface area (Å²) in [5, 5.41) is 0. The summed E-state index contributed by atoms with van der Waals surface area (Å²) >= 11 is 0. The van der Waals surface area contributed by atoms with Crippen LogP contribution in [-0.4, -0.2) is 15.3 Å². The predicted molar refractivity (Wildman–Crippen MR) is 67.3 cm³/mol. The molecule has 0 saturated carbocycles. The van der Waals surface area contributed by atoms with Crippen LogP contribution in [0.2, 0.25) is 0 Å². The van der Waals surface area contributed by atoms with Crippen molar-refractivity contribution in [2.45, 2.75) is 46.1 Å². The zero-order valence-corrected chi connectivity index (χ0v) is 10.2. The van der Waals surface area contributed by atoms with Crippen LogP contribution in [0.3, 0.4) is 0 Å². The van der Waals surface area contributed by atoms with E-state index in [0.29, 0.717) is 24.3 Å². The first-order valence-electron chi connectivity index (χ1n) is 6.03. The van der Waals surface area contributed by atoms with Gasteiger partial charge in [-0.05, 0) is 13.3 Å². The van der Waals surface area contributed by atoms with E-state index in [1.54, 1.807) is 4.57 Å². The molecule has 5 nitrogen and oxygen atoms in total. The van der Waals surface area contributed by atoms with E-state index in [0.717, 1.165) is 25.0 Å². The van der Waals surface area contributed by atoms with Gasteiger partial charge in [-0.2, -0.15) is 0 Å². The van der Waals surface area contributed by atoms with Gasteiger partial charge in [0.2, 0.25) is 0 Å². The first kappa shape index (κ1) is 11.8. The summed E-state index contributed by atoms with van der Waals surface area (Å²) in [6.07, 6.45) is 3.66. The molecular weight excluding hydrogens is 218 g/mol. The molecule has 1 aromatic rings. The quantitative estimate of drug-likeness (QED) is 0.801. The van der Waals surface area contributed by atoms with E-state index in [9.17, 15) is 9.59 Å². The van der Waals surface area contributed by atoms with Crippen LogP contribution < -0.4 is 11.2 Å². The molecule has 17 heavy (non-hydrogen) atoms. The van der Waals surface area contributed by atoms with Gasteiger partial charge in [0.05, 0.1) is 5.56 Å². The molecule has 1 aliphatic rings. The molecule has 0 aromatic carbocycles. The van der Waals surface area contributed by atoms with Crippen LogP contribution in [0.25, 0.3) is 0 Å². The number of rotatable bonds is 4. The number of hydrogen-bond acceptors (Lipinski definition) is 3. The van der Waals surface area contributed by atoms with Gasteiger partial charge in [0.1, 0.15) is 5.82 Å².